The average molecular weight is 414 g/mol. The fraction of sp³-hybridized carbons (Fsp3) is 0.143. The summed E-state index contributed by atoms with van der Waals surface area (Å²) in [6, 6.07) is 13.4. The first-order chi connectivity index (χ1) is 15.3. The summed E-state index contributed by atoms with van der Waals surface area (Å²) in [6.07, 6.45) is 5.54. The first kappa shape index (κ1) is 18.7. The van der Waals surface area contributed by atoms with Gasteiger partial charge < -0.3 is 14.8 Å². The van der Waals surface area contributed by atoms with Crippen LogP contribution in [0.1, 0.15) is 5.56 Å². The van der Waals surface area contributed by atoms with Gasteiger partial charge in [0.1, 0.15) is 5.69 Å². The summed E-state index contributed by atoms with van der Waals surface area (Å²) in [4.78, 5) is 24.0. The van der Waals surface area contributed by atoms with Gasteiger partial charge in [0.15, 0.2) is 5.69 Å². The van der Waals surface area contributed by atoms with E-state index in [4.69, 9.17) is 4.52 Å². The third-order valence-electron chi connectivity index (χ3n) is 4.77. The van der Waals surface area contributed by atoms with E-state index < -0.39 is 0 Å². The second kappa shape index (κ2) is 8.19. The first-order valence-corrected chi connectivity index (χ1v) is 9.73. The van der Waals surface area contributed by atoms with Crippen molar-refractivity contribution in [2.45, 2.75) is 13.0 Å². The number of carbonyl (C=O) groups is 1. The number of aromatic nitrogens is 7. The summed E-state index contributed by atoms with van der Waals surface area (Å²) in [6.45, 7) is 0.890. The zero-order chi connectivity index (χ0) is 21.0. The molecule has 154 valence electrons. The molecule has 0 radical (unpaired) electrons. The molecule has 10 nitrogen and oxygen atoms in total. The van der Waals surface area contributed by atoms with E-state index >= 15 is 0 Å². The number of H-pyrrole nitrogens is 1. The van der Waals surface area contributed by atoms with Gasteiger partial charge in [-0.1, -0.05) is 34.6 Å². The summed E-state index contributed by atoms with van der Waals surface area (Å²) >= 11 is 0. The number of hydrogen-bond donors (Lipinski definition) is 2. The lowest BCUT2D eigenvalue weighted by molar-refractivity contribution is -0.120. The first-order valence-electron chi connectivity index (χ1n) is 9.73. The fourth-order valence-corrected chi connectivity index (χ4v) is 3.26. The SMILES string of the molecule is O=C(Cc1c[nH]c2ccccc12)NCCn1cc(-c2nc(-c3ccccn3)no2)nn1. The quantitative estimate of drug-likeness (QED) is 0.418. The van der Waals surface area contributed by atoms with Crippen molar-refractivity contribution in [3.05, 3.63) is 66.6 Å². The Morgan fingerprint density at radius 2 is 2.03 bits per heavy atom. The Kier molecular flexibility index (Phi) is 4.93. The molecule has 4 heterocycles. The molecule has 0 atom stereocenters. The number of aromatic amines is 1. The molecule has 2 N–H and O–H groups in total. The third-order valence-corrected chi connectivity index (χ3v) is 4.77. The van der Waals surface area contributed by atoms with Crippen molar-refractivity contribution in [3.8, 4) is 23.1 Å². The number of fused-ring (bicyclic) bond motifs is 1. The number of nitrogens with zero attached hydrogens (tertiary/aromatic N) is 6. The number of para-hydroxylation sites is 1. The van der Waals surface area contributed by atoms with E-state index in [0.29, 0.717) is 36.7 Å². The standard InChI is InChI=1S/C21H18N8O2/c30-19(11-14-12-24-16-6-2-1-5-15(14)16)23-9-10-29-13-18(26-28-29)21-25-20(27-31-21)17-7-3-4-8-22-17/h1-8,12-13,24H,9-11H2,(H,23,30). The Morgan fingerprint density at radius 3 is 2.94 bits per heavy atom. The number of rotatable bonds is 7. The molecular weight excluding hydrogens is 396 g/mol. The van der Waals surface area contributed by atoms with Crippen LogP contribution in [0.5, 0.6) is 0 Å². The Bertz CT molecular complexity index is 1320. The van der Waals surface area contributed by atoms with Gasteiger partial charge in [-0.05, 0) is 23.8 Å². The summed E-state index contributed by atoms with van der Waals surface area (Å²) in [5.74, 6) is 0.590. The number of pyridine rings is 1. The third kappa shape index (κ3) is 4.04. The summed E-state index contributed by atoms with van der Waals surface area (Å²) in [5.41, 5.74) is 3.06. The molecule has 0 aliphatic carbocycles. The van der Waals surface area contributed by atoms with Crippen molar-refractivity contribution in [3.63, 3.8) is 0 Å². The second-order valence-electron chi connectivity index (χ2n) is 6.89. The molecule has 0 saturated heterocycles. The van der Waals surface area contributed by atoms with Crippen molar-refractivity contribution in [2.75, 3.05) is 6.54 Å². The van der Waals surface area contributed by atoms with Gasteiger partial charge in [0, 0.05) is 29.8 Å². The molecule has 0 spiro atoms. The van der Waals surface area contributed by atoms with Gasteiger partial charge >= 0.3 is 0 Å². The Hall–Kier alpha value is -4.34. The molecule has 31 heavy (non-hydrogen) atoms. The molecule has 0 unspecified atom stereocenters. The van der Waals surface area contributed by atoms with Gasteiger partial charge in [0.2, 0.25) is 11.7 Å². The van der Waals surface area contributed by atoms with E-state index in [1.165, 1.54) is 0 Å². The van der Waals surface area contributed by atoms with Crippen molar-refractivity contribution >= 4 is 16.8 Å². The van der Waals surface area contributed by atoms with E-state index in [1.54, 1.807) is 23.1 Å². The minimum atomic E-state index is -0.0537. The maximum absolute atomic E-state index is 12.3. The molecule has 1 amide bonds. The van der Waals surface area contributed by atoms with Gasteiger partial charge in [0.25, 0.3) is 5.89 Å². The lowest BCUT2D eigenvalue weighted by Gasteiger charge is -2.04. The summed E-state index contributed by atoms with van der Waals surface area (Å²) < 4.78 is 6.88. The topological polar surface area (TPSA) is 127 Å². The number of carbonyl (C=O) groups excluding carboxylic acids is 1. The van der Waals surface area contributed by atoms with Crippen LogP contribution in [-0.2, 0) is 17.8 Å². The highest BCUT2D eigenvalue weighted by Gasteiger charge is 2.15. The van der Waals surface area contributed by atoms with E-state index in [0.717, 1.165) is 16.5 Å². The van der Waals surface area contributed by atoms with Crippen LogP contribution < -0.4 is 5.32 Å². The zero-order valence-corrected chi connectivity index (χ0v) is 16.4. The predicted octanol–water partition coefficient (Wildman–Crippen LogP) is 2.23. The second-order valence-corrected chi connectivity index (χ2v) is 6.89. The van der Waals surface area contributed by atoms with Crippen LogP contribution in [0.15, 0.2) is 65.6 Å². The smallest absolute Gasteiger partial charge is 0.280 e. The highest BCUT2D eigenvalue weighted by Crippen LogP contribution is 2.19. The Balaban J connectivity index is 1.16. The number of benzene rings is 1. The minimum absolute atomic E-state index is 0.0537. The Morgan fingerprint density at radius 1 is 1.13 bits per heavy atom. The fourth-order valence-electron chi connectivity index (χ4n) is 3.26. The van der Waals surface area contributed by atoms with E-state index in [-0.39, 0.29) is 11.8 Å². The maximum Gasteiger partial charge on any atom is 0.280 e. The van der Waals surface area contributed by atoms with Gasteiger partial charge in [-0.15, -0.1) is 5.10 Å². The molecule has 0 bridgehead atoms. The van der Waals surface area contributed by atoms with Crippen LogP contribution in [0.25, 0.3) is 34.0 Å². The Labute approximate surface area is 176 Å². The lowest BCUT2D eigenvalue weighted by atomic mass is 10.1. The van der Waals surface area contributed by atoms with Gasteiger partial charge in [-0.25, -0.2) is 4.68 Å². The highest BCUT2D eigenvalue weighted by atomic mass is 16.5. The molecule has 4 aromatic heterocycles. The van der Waals surface area contributed by atoms with E-state index in [1.807, 2.05) is 42.6 Å². The number of amides is 1. The average Bonchev–Trinajstić information content (AvgIpc) is 3.55. The van der Waals surface area contributed by atoms with E-state index in [9.17, 15) is 4.79 Å². The summed E-state index contributed by atoms with van der Waals surface area (Å²) in [5, 5.41) is 16.0. The van der Waals surface area contributed by atoms with Crippen molar-refractivity contribution in [2.24, 2.45) is 0 Å². The molecule has 1 aromatic carbocycles. The van der Waals surface area contributed by atoms with Crippen LogP contribution in [-0.4, -0.2) is 47.6 Å². The molecule has 5 aromatic rings. The molecule has 0 saturated carbocycles. The van der Waals surface area contributed by atoms with Crippen molar-refractivity contribution in [1.82, 2.24) is 40.4 Å². The van der Waals surface area contributed by atoms with Crippen LogP contribution in [0.3, 0.4) is 0 Å². The minimum Gasteiger partial charge on any atom is -0.361 e. The molecule has 0 fully saturated rings. The number of nitrogens with one attached hydrogen (secondary N) is 2. The largest absolute Gasteiger partial charge is 0.361 e. The molecule has 0 aliphatic heterocycles. The van der Waals surface area contributed by atoms with Crippen molar-refractivity contribution < 1.29 is 9.32 Å². The molecule has 10 heteroatoms. The van der Waals surface area contributed by atoms with Gasteiger partial charge in [-0.2, -0.15) is 4.98 Å². The van der Waals surface area contributed by atoms with Gasteiger partial charge in [-0.3, -0.25) is 9.78 Å². The molecular formula is C21H18N8O2. The van der Waals surface area contributed by atoms with Crippen LogP contribution >= 0.6 is 0 Å². The van der Waals surface area contributed by atoms with Crippen LogP contribution in [0.4, 0.5) is 0 Å². The van der Waals surface area contributed by atoms with Crippen molar-refractivity contribution in [1.29, 1.82) is 0 Å². The highest BCUT2D eigenvalue weighted by molar-refractivity contribution is 5.88. The normalized spacial score (nSPS) is 11.1. The van der Waals surface area contributed by atoms with Crippen LogP contribution in [0, 0.1) is 0 Å². The summed E-state index contributed by atoms with van der Waals surface area (Å²) in [7, 11) is 0. The lowest BCUT2D eigenvalue weighted by Crippen LogP contribution is -2.28. The number of hydrogen-bond acceptors (Lipinski definition) is 7. The van der Waals surface area contributed by atoms with Gasteiger partial charge in [0.05, 0.1) is 19.2 Å². The monoisotopic (exact) mass is 414 g/mol. The maximum atomic E-state index is 12.3. The van der Waals surface area contributed by atoms with Crippen LogP contribution in [0.2, 0.25) is 0 Å². The molecule has 0 aliphatic rings. The van der Waals surface area contributed by atoms with E-state index in [2.05, 4.69) is 35.7 Å². The predicted molar refractivity (Wildman–Crippen MR) is 112 cm³/mol. The zero-order valence-electron chi connectivity index (χ0n) is 16.4. The molecule has 5 rings (SSSR count).